The Kier molecular flexibility index (Phi) is 7.38. The molecule has 1 unspecified atom stereocenters. The smallest absolute Gasteiger partial charge is 0.336 e. The second-order valence-electron chi connectivity index (χ2n) is 8.54. The molecule has 0 aliphatic heterocycles. The van der Waals surface area contributed by atoms with E-state index < -0.39 is 15.8 Å². The number of hydrogen-bond acceptors (Lipinski definition) is 6. The Hall–Kier alpha value is -2.98. The molecule has 0 bridgehead atoms. The Morgan fingerprint density at radius 1 is 1.14 bits per heavy atom. The molecule has 0 saturated carbocycles. The van der Waals surface area contributed by atoms with E-state index in [0.29, 0.717) is 38.5 Å². The lowest BCUT2D eigenvalue weighted by atomic mass is 9.87. The van der Waals surface area contributed by atoms with Crippen LogP contribution in [-0.4, -0.2) is 32.6 Å². The van der Waals surface area contributed by atoms with Crippen LogP contribution in [0, 0.1) is 0 Å². The summed E-state index contributed by atoms with van der Waals surface area (Å²) >= 11 is 8.01. The third kappa shape index (κ3) is 5.24. The van der Waals surface area contributed by atoms with Gasteiger partial charge in [-0.15, -0.1) is 11.3 Å². The van der Waals surface area contributed by atoms with Crippen LogP contribution in [0.5, 0.6) is 0 Å². The average Bonchev–Trinajstić information content (AvgIpc) is 3.30. The van der Waals surface area contributed by atoms with Crippen LogP contribution >= 0.6 is 22.9 Å². The normalized spacial score (nSPS) is 12.7. The second-order valence-corrected chi connectivity index (χ2v) is 11.9. The number of Topliss-reactive ketones (excluding diaryl/α,β-unsaturated/α-hetero) is 1. The number of halogens is 1. The van der Waals surface area contributed by atoms with Crippen molar-refractivity contribution >= 4 is 55.6 Å². The first-order chi connectivity index (χ1) is 17.0. The van der Waals surface area contributed by atoms with E-state index in [4.69, 9.17) is 16.0 Å². The number of rotatable bonds is 8. The second kappa shape index (κ2) is 10.2. The summed E-state index contributed by atoms with van der Waals surface area (Å²) in [5.41, 5.74) is 2.57. The predicted molar refractivity (Wildman–Crippen MR) is 146 cm³/mol. The number of benzene rings is 2. The van der Waals surface area contributed by atoms with Crippen LogP contribution in [-0.2, 0) is 10.2 Å². The van der Waals surface area contributed by atoms with Gasteiger partial charge >= 0.3 is 15.8 Å². The number of nitrogens with zero attached hydrogens (tertiary/aromatic N) is 1. The topological polar surface area (TPSA) is 96.7 Å². The molecule has 188 valence electrons. The average molecular weight is 545 g/mol. The van der Waals surface area contributed by atoms with Crippen molar-refractivity contribution in [1.29, 1.82) is 0 Å². The van der Waals surface area contributed by atoms with E-state index in [1.54, 1.807) is 36.4 Å². The van der Waals surface area contributed by atoms with Crippen LogP contribution in [0.2, 0.25) is 5.02 Å². The first-order valence-corrected chi connectivity index (χ1v) is 13.8. The predicted octanol–water partition coefficient (Wildman–Crippen LogP) is 6.14. The van der Waals surface area contributed by atoms with E-state index in [1.165, 1.54) is 38.4 Å². The molecular weight excluding hydrogens is 520 g/mol. The third-order valence-electron chi connectivity index (χ3n) is 5.88. The van der Waals surface area contributed by atoms with Crippen LogP contribution < -0.4 is 10.3 Å². The lowest BCUT2D eigenvalue weighted by Gasteiger charge is -2.20. The van der Waals surface area contributed by atoms with Gasteiger partial charge in [-0.3, -0.25) is 9.52 Å². The Bertz CT molecular complexity index is 1620. The largest absolute Gasteiger partial charge is 0.423 e. The number of fused-ring (bicyclic) bond motifs is 1. The molecule has 2 aromatic heterocycles. The molecule has 7 nitrogen and oxygen atoms in total. The molecule has 0 saturated heterocycles. The molecule has 0 amide bonds. The number of carbonyl (C=O) groups excluding carboxylic acids is 1. The van der Waals surface area contributed by atoms with Crippen molar-refractivity contribution in [1.82, 2.24) is 4.31 Å². The molecule has 1 atom stereocenters. The maximum atomic E-state index is 12.6. The van der Waals surface area contributed by atoms with Gasteiger partial charge < -0.3 is 4.42 Å². The van der Waals surface area contributed by atoms with Gasteiger partial charge in [-0.1, -0.05) is 30.7 Å². The Morgan fingerprint density at radius 2 is 1.89 bits per heavy atom. The van der Waals surface area contributed by atoms with Gasteiger partial charge in [0.1, 0.15) is 5.58 Å². The fraction of sp³-hybridized carbons (Fsp3) is 0.231. The van der Waals surface area contributed by atoms with E-state index in [0.717, 1.165) is 20.3 Å². The van der Waals surface area contributed by atoms with E-state index in [-0.39, 0.29) is 11.7 Å². The fourth-order valence-corrected chi connectivity index (χ4v) is 5.91. The van der Waals surface area contributed by atoms with Crippen LogP contribution in [0.1, 0.15) is 47.0 Å². The highest BCUT2D eigenvalue weighted by atomic mass is 35.5. The molecule has 0 aliphatic rings. The molecule has 4 rings (SSSR count). The number of anilines is 1. The SMILES string of the molecule is CCC(c1cccc(NS(=O)(=O)N(C)C)c1)c1cc(=O)oc2cc(-c3ccc(C(C)=O)s3)c(Cl)cc12. The number of thiophene rings is 1. The summed E-state index contributed by atoms with van der Waals surface area (Å²) < 4.78 is 33.8. The van der Waals surface area contributed by atoms with Crippen LogP contribution in [0.4, 0.5) is 5.69 Å². The van der Waals surface area contributed by atoms with Crippen molar-refractivity contribution in [2.75, 3.05) is 18.8 Å². The highest BCUT2D eigenvalue weighted by Gasteiger charge is 2.21. The molecule has 1 N–H and O–H groups in total. The monoisotopic (exact) mass is 544 g/mol. The molecule has 0 radical (unpaired) electrons. The number of hydrogen-bond donors (Lipinski definition) is 1. The van der Waals surface area contributed by atoms with Gasteiger partial charge in [0.15, 0.2) is 5.78 Å². The lowest BCUT2D eigenvalue weighted by Crippen LogP contribution is -2.28. The van der Waals surface area contributed by atoms with Gasteiger partial charge in [0.25, 0.3) is 0 Å². The maximum absolute atomic E-state index is 12.6. The number of carbonyl (C=O) groups is 1. The van der Waals surface area contributed by atoms with Crippen molar-refractivity contribution < 1.29 is 17.6 Å². The van der Waals surface area contributed by atoms with E-state index >= 15 is 0 Å². The zero-order chi connectivity index (χ0) is 26.2. The minimum Gasteiger partial charge on any atom is -0.423 e. The molecular formula is C26H25ClN2O5S2. The summed E-state index contributed by atoms with van der Waals surface area (Å²) in [5, 5.41) is 1.16. The van der Waals surface area contributed by atoms with Crippen molar-refractivity contribution in [3.05, 3.63) is 86.0 Å². The molecule has 0 spiro atoms. The molecule has 10 heteroatoms. The van der Waals surface area contributed by atoms with E-state index in [1.807, 2.05) is 19.1 Å². The zero-order valence-electron chi connectivity index (χ0n) is 20.2. The third-order valence-corrected chi connectivity index (χ3v) is 8.87. The summed E-state index contributed by atoms with van der Waals surface area (Å²) in [4.78, 5) is 25.7. The zero-order valence-corrected chi connectivity index (χ0v) is 22.6. The Balaban J connectivity index is 1.82. The summed E-state index contributed by atoms with van der Waals surface area (Å²) in [6, 6.07) is 15.6. The number of nitrogens with one attached hydrogen (secondary N) is 1. The highest BCUT2D eigenvalue weighted by Crippen LogP contribution is 2.40. The quantitative estimate of drug-likeness (QED) is 0.212. The first kappa shape index (κ1) is 26.1. The molecule has 2 aromatic carbocycles. The van der Waals surface area contributed by atoms with Crippen molar-refractivity contribution in [3.63, 3.8) is 0 Å². The van der Waals surface area contributed by atoms with Crippen LogP contribution in [0.25, 0.3) is 21.4 Å². The molecule has 0 fully saturated rings. The standard InChI is InChI=1S/C26H25ClN2O5S2/c1-5-18(16-7-6-8-17(11-16)28-36(32,33)29(3)4)19-14-26(31)34-23-13-21(22(27)12-20(19)23)25-10-9-24(35-25)15(2)30/h6-14,18,28H,5H2,1-4H3. The summed E-state index contributed by atoms with van der Waals surface area (Å²) in [6.07, 6.45) is 0.648. The van der Waals surface area contributed by atoms with Gasteiger partial charge in [0, 0.05) is 41.9 Å². The van der Waals surface area contributed by atoms with Gasteiger partial charge in [-0.05, 0) is 60.9 Å². The van der Waals surface area contributed by atoms with E-state index in [9.17, 15) is 18.0 Å². The van der Waals surface area contributed by atoms with Gasteiger partial charge in [0.05, 0.1) is 15.6 Å². The Labute approximate surface area is 218 Å². The van der Waals surface area contributed by atoms with Gasteiger partial charge in [-0.25, -0.2) is 4.79 Å². The summed E-state index contributed by atoms with van der Waals surface area (Å²) in [6.45, 7) is 3.50. The highest BCUT2D eigenvalue weighted by molar-refractivity contribution is 7.90. The van der Waals surface area contributed by atoms with Gasteiger partial charge in [-0.2, -0.15) is 12.7 Å². The van der Waals surface area contributed by atoms with Crippen molar-refractivity contribution in [2.45, 2.75) is 26.2 Å². The lowest BCUT2D eigenvalue weighted by molar-refractivity contribution is 0.102. The molecule has 4 aromatic rings. The first-order valence-electron chi connectivity index (χ1n) is 11.2. The summed E-state index contributed by atoms with van der Waals surface area (Å²) in [5.74, 6) is -0.244. The fourth-order valence-electron chi connectivity index (χ4n) is 4.05. The summed E-state index contributed by atoms with van der Waals surface area (Å²) in [7, 11) is -0.766. The van der Waals surface area contributed by atoms with Crippen LogP contribution in [0.3, 0.4) is 0 Å². The Morgan fingerprint density at radius 3 is 2.53 bits per heavy atom. The van der Waals surface area contributed by atoms with E-state index in [2.05, 4.69) is 4.72 Å². The molecule has 2 heterocycles. The maximum Gasteiger partial charge on any atom is 0.336 e. The van der Waals surface area contributed by atoms with Crippen LogP contribution in [0.15, 0.2) is 63.8 Å². The molecule has 0 aliphatic carbocycles. The van der Waals surface area contributed by atoms with Crippen molar-refractivity contribution in [2.24, 2.45) is 0 Å². The minimum atomic E-state index is -3.67. The number of ketones is 1. The van der Waals surface area contributed by atoms with Gasteiger partial charge in [0.2, 0.25) is 0 Å². The van der Waals surface area contributed by atoms with Crippen molar-refractivity contribution in [3.8, 4) is 10.4 Å². The molecule has 36 heavy (non-hydrogen) atoms. The minimum absolute atomic E-state index is 0.0298.